The van der Waals surface area contributed by atoms with Crippen LogP contribution >= 0.6 is 0 Å². The summed E-state index contributed by atoms with van der Waals surface area (Å²) in [4.78, 5) is 25.0. The molecule has 0 saturated carbocycles. The molecule has 0 radical (unpaired) electrons. The van der Waals surface area contributed by atoms with Crippen molar-refractivity contribution < 1.29 is 14.7 Å². The summed E-state index contributed by atoms with van der Waals surface area (Å²) in [6, 6.07) is 0.190. The van der Waals surface area contributed by atoms with Crippen molar-refractivity contribution in [1.82, 2.24) is 9.80 Å². The lowest BCUT2D eigenvalue weighted by Gasteiger charge is -2.22. The zero-order valence-electron chi connectivity index (χ0n) is 8.56. The molecule has 0 aliphatic carbocycles. The number of carbonyl (C=O) groups excluding carboxylic acids is 1. The van der Waals surface area contributed by atoms with Gasteiger partial charge in [-0.05, 0) is 13.5 Å². The monoisotopic (exact) mass is 200 g/mol. The van der Waals surface area contributed by atoms with Gasteiger partial charge in [-0.15, -0.1) is 0 Å². The molecule has 1 N–H and O–H groups in total. The molecule has 1 saturated heterocycles. The lowest BCUT2D eigenvalue weighted by Crippen LogP contribution is -2.38. The Kier molecular flexibility index (Phi) is 3.46. The molecule has 0 spiro atoms. The number of rotatable bonds is 3. The van der Waals surface area contributed by atoms with Gasteiger partial charge in [0.2, 0.25) is 5.91 Å². The molecule has 1 heterocycles. The standard InChI is InChI=1S/C9H16N2O3/c1-7(12)11-4-3-8(5-11)10(2)6-9(13)14/h8H,3-6H2,1-2H3,(H,13,14)/t8-/m1/s1. The minimum Gasteiger partial charge on any atom is -0.480 e. The second-order valence-corrected chi connectivity index (χ2v) is 3.72. The molecule has 0 aromatic heterocycles. The Morgan fingerprint density at radius 2 is 2.21 bits per heavy atom. The summed E-state index contributed by atoms with van der Waals surface area (Å²) >= 11 is 0. The number of carboxylic acids is 1. The largest absolute Gasteiger partial charge is 0.480 e. The van der Waals surface area contributed by atoms with Gasteiger partial charge in [0.25, 0.3) is 0 Å². The summed E-state index contributed by atoms with van der Waals surface area (Å²) in [5.41, 5.74) is 0. The van der Waals surface area contributed by atoms with Crippen LogP contribution in [-0.2, 0) is 9.59 Å². The fraction of sp³-hybridized carbons (Fsp3) is 0.778. The zero-order valence-corrected chi connectivity index (χ0v) is 8.56. The number of nitrogens with zero attached hydrogens (tertiary/aromatic N) is 2. The molecular formula is C9H16N2O3. The number of amides is 1. The Bertz CT molecular complexity index is 242. The molecule has 5 nitrogen and oxygen atoms in total. The summed E-state index contributed by atoms with van der Waals surface area (Å²) in [5, 5.41) is 8.60. The molecule has 0 unspecified atom stereocenters. The second kappa shape index (κ2) is 4.41. The van der Waals surface area contributed by atoms with Crippen LogP contribution in [0.5, 0.6) is 0 Å². The zero-order chi connectivity index (χ0) is 10.7. The van der Waals surface area contributed by atoms with E-state index in [1.807, 2.05) is 0 Å². The lowest BCUT2D eigenvalue weighted by molar-refractivity contribution is -0.138. The first kappa shape index (κ1) is 11.0. The van der Waals surface area contributed by atoms with Crippen molar-refractivity contribution in [2.45, 2.75) is 19.4 Å². The quantitative estimate of drug-likeness (QED) is 0.675. The predicted octanol–water partition coefficient (Wildman–Crippen LogP) is -0.376. The number of hydrogen-bond acceptors (Lipinski definition) is 3. The minimum absolute atomic E-state index is 0.0381. The third kappa shape index (κ3) is 2.70. The van der Waals surface area contributed by atoms with Gasteiger partial charge in [0.15, 0.2) is 0 Å². The molecule has 5 heteroatoms. The maximum Gasteiger partial charge on any atom is 0.317 e. The third-order valence-corrected chi connectivity index (χ3v) is 2.62. The molecule has 1 amide bonds. The van der Waals surface area contributed by atoms with Crippen LogP contribution in [0.25, 0.3) is 0 Å². The summed E-state index contributed by atoms with van der Waals surface area (Å²) in [6.45, 7) is 2.97. The highest BCUT2D eigenvalue weighted by Gasteiger charge is 2.27. The molecule has 1 aliphatic heterocycles. The molecule has 0 bridgehead atoms. The van der Waals surface area contributed by atoms with Gasteiger partial charge in [-0.1, -0.05) is 0 Å². The van der Waals surface area contributed by atoms with Crippen LogP contribution in [0.3, 0.4) is 0 Å². The van der Waals surface area contributed by atoms with E-state index in [0.29, 0.717) is 6.54 Å². The van der Waals surface area contributed by atoms with Gasteiger partial charge in [0.1, 0.15) is 0 Å². The number of likely N-dealkylation sites (tertiary alicyclic amines) is 1. The Labute approximate surface area is 83.3 Å². The molecule has 0 aromatic carbocycles. The highest BCUT2D eigenvalue weighted by atomic mass is 16.4. The fourth-order valence-electron chi connectivity index (χ4n) is 1.73. The van der Waals surface area contributed by atoms with Crippen LogP contribution in [0.1, 0.15) is 13.3 Å². The topological polar surface area (TPSA) is 60.9 Å². The lowest BCUT2D eigenvalue weighted by atomic mass is 10.2. The van der Waals surface area contributed by atoms with Gasteiger partial charge < -0.3 is 10.0 Å². The highest BCUT2D eigenvalue weighted by molar-refractivity contribution is 5.73. The van der Waals surface area contributed by atoms with E-state index in [0.717, 1.165) is 13.0 Å². The molecule has 1 rings (SSSR count). The maximum absolute atomic E-state index is 11.0. The SMILES string of the molecule is CC(=O)N1CC[C@@H](N(C)CC(=O)O)C1. The number of aliphatic carboxylic acids is 1. The Morgan fingerprint density at radius 1 is 1.57 bits per heavy atom. The van der Waals surface area contributed by atoms with Gasteiger partial charge in [-0.2, -0.15) is 0 Å². The predicted molar refractivity (Wildman–Crippen MR) is 50.9 cm³/mol. The van der Waals surface area contributed by atoms with Crippen molar-refractivity contribution in [2.75, 3.05) is 26.7 Å². The van der Waals surface area contributed by atoms with Gasteiger partial charge in [-0.3, -0.25) is 14.5 Å². The third-order valence-electron chi connectivity index (χ3n) is 2.62. The molecule has 80 valence electrons. The van der Waals surface area contributed by atoms with Crippen molar-refractivity contribution in [3.05, 3.63) is 0 Å². The minimum atomic E-state index is -0.825. The number of carboxylic acid groups (broad SMARTS) is 1. The first-order valence-electron chi connectivity index (χ1n) is 4.68. The van der Waals surface area contributed by atoms with Crippen LogP contribution in [0.15, 0.2) is 0 Å². The molecule has 1 fully saturated rings. The van der Waals surface area contributed by atoms with Crippen molar-refractivity contribution in [2.24, 2.45) is 0 Å². The van der Waals surface area contributed by atoms with E-state index in [1.54, 1.807) is 23.8 Å². The van der Waals surface area contributed by atoms with Gasteiger partial charge >= 0.3 is 5.97 Å². The summed E-state index contributed by atoms with van der Waals surface area (Å²) in [6.07, 6.45) is 0.864. The van der Waals surface area contributed by atoms with E-state index in [1.165, 1.54) is 0 Å². The molecular weight excluding hydrogens is 184 g/mol. The molecule has 0 aromatic rings. The van der Waals surface area contributed by atoms with E-state index in [9.17, 15) is 9.59 Å². The first-order valence-corrected chi connectivity index (χ1v) is 4.68. The van der Waals surface area contributed by atoms with Crippen molar-refractivity contribution in [1.29, 1.82) is 0 Å². The molecule has 14 heavy (non-hydrogen) atoms. The van der Waals surface area contributed by atoms with Crippen molar-refractivity contribution in [3.63, 3.8) is 0 Å². The van der Waals surface area contributed by atoms with Crippen LogP contribution in [0.4, 0.5) is 0 Å². The van der Waals surface area contributed by atoms with E-state index in [-0.39, 0.29) is 18.5 Å². The Morgan fingerprint density at radius 3 is 2.64 bits per heavy atom. The first-order chi connectivity index (χ1) is 6.50. The van der Waals surface area contributed by atoms with Crippen molar-refractivity contribution >= 4 is 11.9 Å². The number of likely N-dealkylation sites (N-methyl/N-ethyl adjacent to an activating group) is 1. The normalized spacial score (nSPS) is 21.6. The summed E-state index contributed by atoms with van der Waals surface area (Å²) in [5.74, 6) is -0.759. The average Bonchev–Trinajstić information content (AvgIpc) is 2.50. The number of carbonyl (C=O) groups is 2. The van der Waals surface area contributed by atoms with Crippen LogP contribution in [-0.4, -0.2) is 59.5 Å². The number of hydrogen-bond donors (Lipinski definition) is 1. The summed E-state index contributed by atoms with van der Waals surface area (Å²) < 4.78 is 0. The second-order valence-electron chi connectivity index (χ2n) is 3.72. The highest BCUT2D eigenvalue weighted by Crippen LogP contribution is 2.13. The van der Waals surface area contributed by atoms with Crippen LogP contribution in [0.2, 0.25) is 0 Å². The van der Waals surface area contributed by atoms with Crippen LogP contribution < -0.4 is 0 Å². The Balaban J connectivity index is 2.41. The maximum atomic E-state index is 11.0. The molecule has 1 aliphatic rings. The van der Waals surface area contributed by atoms with E-state index < -0.39 is 5.97 Å². The average molecular weight is 200 g/mol. The van der Waals surface area contributed by atoms with Gasteiger partial charge in [0, 0.05) is 26.1 Å². The Hall–Kier alpha value is -1.10. The van der Waals surface area contributed by atoms with Crippen molar-refractivity contribution in [3.8, 4) is 0 Å². The van der Waals surface area contributed by atoms with E-state index in [4.69, 9.17) is 5.11 Å². The smallest absolute Gasteiger partial charge is 0.317 e. The van der Waals surface area contributed by atoms with Gasteiger partial charge in [0.05, 0.1) is 6.54 Å². The van der Waals surface area contributed by atoms with Gasteiger partial charge in [-0.25, -0.2) is 0 Å². The van der Waals surface area contributed by atoms with E-state index in [2.05, 4.69) is 0 Å². The molecule has 1 atom stereocenters. The van der Waals surface area contributed by atoms with Crippen LogP contribution in [0, 0.1) is 0 Å². The van der Waals surface area contributed by atoms with E-state index >= 15 is 0 Å². The fourth-order valence-corrected chi connectivity index (χ4v) is 1.73. The summed E-state index contributed by atoms with van der Waals surface area (Å²) in [7, 11) is 1.78.